The van der Waals surface area contributed by atoms with Gasteiger partial charge >= 0.3 is 0 Å². The summed E-state index contributed by atoms with van der Waals surface area (Å²) in [6.07, 6.45) is 0. The van der Waals surface area contributed by atoms with Gasteiger partial charge in [-0.1, -0.05) is 35.3 Å². The molecule has 3 N–H and O–H groups in total. The van der Waals surface area contributed by atoms with E-state index in [0.29, 0.717) is 22.3 Å². The van der Waals surface area contributed by atoms with E-state index in [1.807, 2.05) is 18.2 Å². The normalized spacial score (nSPS) is 10.2. The van der Waals surface area contributed by atoms with Gasteiger partial charge in [0.15, 0.2) is 0 Å². The molecule has 0 aliphatic heterocycles. The number of aliphatic hydroxyl groups excluding tert-OH is 1. The summed E-state index contributed by atoms with van der Waals surface area (Å²) in [6.45, 7) is 0.0369. The molecule has 2 aromatic rings. The molecule has 110 valence electrons. The van der Waals surface area contributed by atoms with E-state index in [9.17, 15) is 4.79 Å². The molecule has 0 unspecified atom stereocenters. The molecule has 21 heavy (non-hydrogen) atoms. The van der Waals surface area contributed by atoms with E-state index in [0.717, 1.165) is 11.3 Å². The fraction of sp³-hybridized carbons (Fsp3) is 0.133. The van der Waals surface area contributed by atoms with Crippen LogP contribution in [-0.2, 0) is 11.3 Å². The Bertz CT molecular complexity index is 647. The summed E-state index contributed by atoms with van der Waals surface area (Å²) in [4.78, 5) is 11.1. The van der Waals surface area contributed by atoms with Crippen molar-refractivity contribution in [3.8, 4) is 0 Å². The first-order chi connectivity index (χ1) is 10.1. The molecule has 0 atom stereocenters. The second kappa shape index (κ2) is 7.31. The molecule has 0 spiro atoms. The summed E-state index contributed by atoms with van der Waals surface area (Å²) in [5, 5.41) is 15.6. The molecule has 6 heteroatoms. The standard InChI is InChI=1S/C15H14Cl2N2O2/c16-13-5-4-10(6-14(13)17)8-18-11-2-1-3-12(7-11)19-15(21)9-20/h1-7,18,20H,8-9H2,(H,19,21). The molecule has 0 bridgehead atoms. The molecule has 0 aromatic heterocycles. The minimum Gasteiger partial charge on any atom is -0.387 e. The zero-order chi connectivity index (χ0) is 15.2. The number of hydrogen-bond acceptors (Lipinski definition) is 3. The largest absolute Gasteiger partial charge is 0.387 e. The van der Waals surface area contributed by atoms with Gasteiger partial charge in [0.1, 0.15) is 6.61 Å². The van der Waals surface area contributed by atoms with Crippen molar-refractivity contribution in [2.75, 3.05) is 17.2 Å². The molecule has 0 heterocycles. The summed E-state index contributed by atoms with van der Waals surface area (Å²) in [6, 6.07) is 12.7. The van der Waals surface area contributed by atoms with E-state index in [-0.39, 0.29) is 0 Å². The third kappa shape index (κ3) is 4.63. The maximum absolute atomic E-state index is 11.1. The van der Waals surface area contributed by atoms with Gasteiger partial charge in [0.25, 0.3) is 0 Å². The minimum absolute atomic E-state index is 0.448. The van der Waals surface area contributed by atoms with Crippen molar-refractivity contribution in [1.29, 1.82) is 0 Å². The molecular formula is C15H14Cl2N2O2. The maximum Gasteiger partial charge on any atom is 0.250 e. The Morgan fingerprint density at radius 3 is 2.52 bits per heavy atom. The summed E-state index contributed by atoms with van der Waals surface area (Å²) in [7, 11) is 0. The van der Waals surface area contributed by atoms with Crippen LogP contribution in [0.2, 0.25) is 10.0 Å². The SMILES string of the molecule is O=C(CO)Nc1cccc(NCc2ccc(Cl)c(Cl)c2)c1. The molecule has 0 saturated carbocycles. The van der Waals surface area contributed by atoms with Crippen LogP contribution in [0, 0.1) is 0 Å². The topological polar surface area (TPSA) is 61.4 Å². The molecule has 0 aliphatic rings. The summed E-state index contributed by atoms with van der Waals surface area (Å²) in [5.41, 5.74) is 2.46. The highest BCUT2D eigenvalue weighted by atomic mass is 35.5. The number of carbonyl (C=O) groups excluding carboxylic acids is 1. The van der Waals surface area contributed by atoms with Crippen molar-refractivity contribution in [2.45, 2.75) is 6.54 Å². The van der Waals surface area contributed by atoms with Crippen molar-refractivity contribution in [2.24, 2.45) is 0 Å². The lowest BCUT2D eigenvalue weighted by atomic mass is 10.2. The lowest BCUT2D eigenvalue weighted by molar-refractivity contribution is -0.118. The van der Waals surface area contributed by atoms with E-state index in [2.05, 4.69) is 10.6 Å². The van der Waals surface area contributed by atoms with Crippen LogP contribution in [0.1, 0.15) is 5.56 Å². The van der Waals surface area contributed by atoms with E-state index >= 15 is 0 Å². The zero-order valence-electron chi connectivity index (χ0n) is 11.1. The average molecular weight is 325 g/mol. The van der Waals surface area contributed by atoms with Crippen LogP contribution < -0.4 is 10.6 Å². The highest BCUT2D eigenvalue weighted by Gasteiger charge is 2.02. The number of hydrogen-bond donors (Lipinski definition) is 3. The lowest BCUT2D eigenvalue weighted by Crippen LogP contribution is -2.15. The Morgan fingerprint density at radius 1 is 1.05 bits per heavy atom. The molecule has 2 rings (SSSR count). The van der Waals surface area contributed by atoms with Gasteiger partial charge in [-0.3, -0.25) is 4.79 Å². The van der Waals surface area contributed by atoms with Crippen LogP contribution in [0.5, 0.6) is 0 Å². The number of benzene rings is 2. The number of anilines is 2. The van der Waals surface area contributed by atoms with Crippen molar-refractivity contribution in [3.05, 3.63) is 58.1 Å². The van der Waals surface area contributed by atoms with E-state index in [4.69, 9.17) is 28.3 Å². The Morgan fingerprint density at radius 2 is 1.81 bits per heavy atom. The average Bonchev–Trinajstić information content (AvgIpc) is 2.49. The highest BCUT2D eigenvalue weighted by molar-refractivity contribution is 6.42. The van der Waals surface area contributed by atoms with E-state index in [1.54, 1.807) is 24.3 Å². The lowest BCUT2D eigenvalue weighted by Gasteiger charge is -2.09. The van der Waals surface area contributed by atoms with Crippen LogP contribution in [0.3, 0.4) is 0 Å². The Labute approximate surface area is 132 Å². The van der Waals surface area contributed by atoms with E-state index in [1.165, 1.54) is 0 Å². The second-order valence-electron chi connectivity index (χ2n) is 4.39. The number of rotatable bonds is 5. The molecule has 0 radical (unpaired) electrons. The zero-order valence-corrected chi connectivity index (χ0v) is 12.6. The van der Waals surface area contributed by atoms with Crippen LogP contribution in [0.4, 0.5) is 11.4 Å². The number of carbonyl (C=O) groups is 1. The van der Waals surface area contributed by atoms with Crippen LogP contribution in [0.15, 0.2) is 42.5 Å². The first-order valence-corrected chi connectivity index (χ1v) is 7.02. The summed E-state index contributed by atoms with van der Waals surface area (Å²) >= 11 is 11.8. The Balaban J connectivity index is 2.01. The molecular weight excluding hydrogens is 311 g/mol. The number of nitrogens with one attached hydrogen (secondary N) is 2. The van der Waals surface area contributed by atoms with Crippen LogP contribution in [0.25, 0.3) is 0 Å². The van der Waals surface area contributed by atoms with Crippen molar-refractivity contribution >= 4 is 40.5 Å². The van der Waals surface area contributed by atoms with Crippen molar-refractivity contribution in [3.63, 3.8) is 0 Å². The van der Waals surface area contributed by atoms with Gasteiger partial charge in [-0.15, -0.1) is 0 Å². The van der Waals surface area contributed by atoms with Gasteiger partial charge in [0.2, 0.25) is 5.91 Å². The second-order valence-corrected chi connectivity index (χ2v) is 5.20. The van der Waals surface area contributed by atoms with Gasteiger partial charge in [-0.2, -0.15) is 0 Å². The van der Waals surface area contributed by atoms with Gasteiger partial charge < -0.3 is 15.7 Å². The van der Waals surface area contributed by atoms with Crippen LogP contribution >= 0.6 is 23.2 Å². The first-order valence-electron chi connectivity index (χ1n) is 6.27. The first kappa shape index (κ1) is 15.6. The third-order valence-corrected chi connectivity index (χ3v) is 3.51. The monoisotopic (exact) mass is 324 g/mol. The van der Waals surface area contributed by atoms with Crippen LogP contribution in [-0.4, -0.2) is 17.6 Å². The molecule has 0 saturated heterocycles. The fourth-order valence-electron chi connectivity index (χ4n) is 1.76. The quantitative estimate of drug-likeness (QED) is 0.788. The summed E-state index contributed by atoms with van der Waals surface area (Å²) in [5.74, 6) is -0.448. The van der Waals surface area contributed by atoms with Crippen molar-refractivity contribution < 1.29 is 9.90 Å². The smallest absolute Gasteiger partial charge is 0.250 e. The Kier molecular flexibility index (Phi) is 5.44. The third-order valence-electron chi connectivity index (χ3n) is 2.77. The number of aliphatic hydroxyl groups is 1. The van der Waals surface area contributed by atoms with Crippen molar-refractivity contribution in [1.82, 2.24) is 0 Å². The number of amides is 1. The Hall–Kier alpha value is -1.75. The van der Waals surface area contributed by atoms with Gasteiger partial charge in [-0.25, -0.2) is 0 Å². The van der Waals surface area contributed by atoms with Gasteiger partial charge in [-0.05, 0) is 35.9 Å². The number of halogens is 2. The predicted octanol–water partition coefficient (Wildman–Crippen LogP) is 3.54. The van der Waals surface area contributed by atoms with Gasteiger partial charge in [0.05, 0.1) is 10.0 Å². The molecule has 2 aromatic carbocycles. The molecule has 0 fully saturated rings. The molecule has 4 nitrogen and oxygen atoms in total. The van der Waals surface area contributed by atoms with E-state index < -0.39 is 12.5 Å². The minimum atomic E-state index is -0.541. The molecule has 0 aliphatic carbocycles. The summed E-state index contributed by atoms with van der Waals surface area (Å²) < 4.78 is 0. The maximum atomic E-state index is 11.1. The highest BCUT2D eigenvalue weighted by Crippen LogP contribution is 2.23. The van der Waals surface area contributed by atoms with Gasteiger partial charge in [0, 0.05) is 17.9 Å². The molecule has 1 amide bonds. The fourth-order valence-corrected chi connectivity index (χ4v) is 2.08. The predicted molar refractivity (Wildman–Crippen MR) is 85.9 cm³/mol.